The molecule has 1 aliphatic rings. The number of rotatable bonds is 8. The second-order valence-electron chi connectivity index (χ2n) is 9.99. The highest BCUT2D eigenvalue weighted by Gasteiger charge is 2.24. The van der Waals surface area contributed by atoms with Crippen LogP contribution in [0.1, 0.15) is 60.7 Å². The lowest BCUT2D eigenvalue weighted by Gasteiger charge is -2.19. The molecule has 1 saturated carbocycles. The number of hydrogen-bond donors (Lipinski definition) is 2. The Kier molecular flexibility index (Phi) is 6.88. The van der Waals surface area contributed by atoms with Gasteiger partial charge in [-0.1, -0.05) is 24.8 Å². The molecule has 2 aromatic carbocycles. The minimum absolute atomic E-state index is 0.0997. The van der Waals surface area contributed by atoms with Crippen molar-refractivity contribution in [2.45, 2.75) is 52.2 Å². The highest BCUT2D eigenvalue weighted by molar-refractivity contribution is 5.95. The van der Waals surface area contributed by atoms with E-state index >= 15 is 0 Å². The van der Waals surface area contributed by atoms with E-state index in [1.54, 1.807) is 55.9 Å². The van der Waals surface area contributed by atoms with Crippen LogP contribution in [0.4, 0.5) is 5.82 Å². The molecular weight excluding hydrogens is 456 g/mol. The SMILES string of the molecule is C=C(c1cccc(OCC(=O)OC(C)(C)C)c1)c1cnn(-c2cc(C(=O)NC3CC3)ccc2C)c1N. The van der Waals surface area contributed by atoms with E-state index in [0.717, 1.165) is 29.7 Å². The number of esters is 1. The molecule has 3 aromatic rings. The summed E-state index contributed by atoms with van der Waals surface area (Å²) in [7, 11) is 0. The average Bonchev–Trinajstić information content (AvgIpc) is 3.55. The predicted molar refractivity (Wildman–Crippen MR) is 139 cm³/mol. The number of anilines is 1. The van der Waals surface area contributed by atoms with Gasteiger partial charge in [-0.15, -0.1) is 0 Å². The zero-order chi connectivity index (χ0) is 26.0. The number of nitrogens with two attached hydrogens (primary N) is 1. The predicted octanol–water partition coefficient (Wildman–Crippen LogP) is 4.44. The summed E-state index contributed by atoms with van der Waals surface area (Å²) >= 11 is 0. The van der Waals surface area contributed by atoms with Gasteiger partial charge in [-0.25, -0.2) is 9.48 Å². The number of aromatic nitrogens is 2. The smallest absolute Gasteiger partial charge is 0.344 e. The summed E-state index contributed by atoms with van der Waals surface area (Å²) in [6.45, 7) is 11.4. The zero-order valence-corrected chi connectivity index (χ0v) is 21.1. The molecule has 3 N–H and O–H groups in total. The summed E-state index contributed by atoms with van der Waals surface area (Å²) in [6, 6.07) is 13.0. The van der Waals surface area contributed by atoms with Crippen molar-refractivity contribution in [2.24, 2.45) is 0 Å². The first-order valence-electron chi connectivity index (χ1n) is 11.9. The van der Waals surface area contributed by atoms with Crippen LogP contribution in [-0.4, -0.2) is 39.9 Å². The van der Waals surface area contributed by atoms with E-state index in [4.69, 9.17) is 15.2 Å². The molecule has 0 unspecified atom stereocenters. The van der Waals surface area contributed by atoms with Crippen LogP contribution in [0.3, 0.4) is 0 Å². The highest BCUT2D eigenvalue weighted by Crippen LogP contribution is 2.31. The van der Waals surface area contributed by atoms with E-state index in [1.165, 1.54) is 0 Å². The van der Waals surface area contributed by atoms with Crippen molar-refractivity contribution in [3.8, 4) is 11.4 Å². The normalized spacial score (nSPS) is 13.2. The van der Waals surface area contributed by atoms with E-state index in [2.05, 4.69) is 17.0 Å². The van der Waals surface area contributed by atoms with Crippen LogP contribution in [0.25, 0.3) is 11.3 Å². The van der Waals surface area contributed by atoms with Crippen LogP contribution in [0.2, 0.25) is 0 Å². The van der Waals surface area contributed by atoms with E-state index in [1.807, 2.05) is 25.1 Å². The van der Waals surface area contributed by atoms with Gasteiger partial charge in [-0.2, -0.15) is 5.10 Å². The van der Waals surface area contributed by atoms with Gasteiger partial charge in [0.2, 0.25) is 0 Å². The Morgan fingerprint density at radius 3 is 2.61 bits per heavy atom. The molecule has 0 saturated heterocycles. The lowest BCUT2D eigenvalue weighted by Crippen LogP contribution is -2.27. The molecule has 0 bridgehead atoms. The summed E-state index contributed by atoms with van der Waals surface area (Å²) in [5.41, 5.74) is 10.2. The fourth-order valence-electron chi connectivity index (χ4n) is 3.70. The number of nitrogen functional groups attached to an aromatic ring is 1. The number of carbonyl (C=O) groups excluding carboxylic acids is 2. The van der Waals surface area contributed by atoms with Crippen molar-refractivity contribution >= 4 is 23.3 Å². The fourth-order valence-corrected chi connectivity index (χ4v) is 3.70. The van der Waals surface area contributed by atoms with Gasteiger partial charge in [0.15, 0.2) is 6.61 Å². The van der Waals surface area contributed by atoms with Gasteiger partial charge in [0, 0.05) is 17.2 Å². The standard InChI is InChI=1S/C28H32N4O4/c1-17-9-10-20(27(34)31-21-11-12-21)14-24(17)32-26(29)23(15-30-32)18(2)19-7-6-8-22(13-19)35-16-25(33)36-28(3,4)5/h6-10,13-15,21H,2,11-12,16,29H2,1,3-5H3,(H,31,34). The van der Waals surface area contributed by atoms with Gasteiger partial charge in [-0.05, 0) is 81.5 Å². The van der Waals surface area contributed by atoms with Gasteiger partial charge >= 0.3 is 5.97 Å². The van der Waals surface area contributed by atoms with Crippen LogP contribution in [0.5, 0.6) is 5.75 Å². The fraction of sp³-hybridized carbons (Fsp3) is 0.321. The lowest BCUT2D eigenvalue weighted by molar-refractivity contribution is -0.157. The first-order chi connectivity index (χ1) is 17.0. The maximum atomic E-state index is 12.5. The molecule has 0 radical (unpaired) electrons. The van der Waals surface area contributed by atoms with E-state index < -0.39 is 11.6 Å². The molecular formula is C28H32N4O4. The topological polar surface area (TPSA) is 108 Å². The zero-order valence-electron chi connectivity index (χ0n) is 21.1. The molecule has 1 aliphatic carbocycles. The Balaban J connectivity index is 1.52. The monoisotopic (exact) mass is 488 g/mol. The van der Waals surface area contributed by atoms with Crippen molar-refractivity contribution in [3.63, 3.8) is 0 Å². The van der Waals surface area contributed by atoms with Gasteiger partial charge in [0.1, 0.15) is 17.2 Å². The number of amides is 1. The van der Waals surface area contributed by atoms with Gasteiger partial charge in [0.05, 0.1) is 11.9 Å². The largest absolute Gasteiger partial charge is 0.482 e. The average molecular weight is 489 g/mol. The number of nitrogens with one attached hydrogen (secondary N) is 1. The Morgan fingerprint density at radius 1 is 1.17 bits per heavy atom. The number of aryl methyl sites for hydroxylation is 1. The van der Waals surface area contributed by atoms with Gasteiger partial charge in [-0.3, -0.25) is 4.79 Å². The minimum Gasteiger partial charge on any atom is -0.482 e. The quantitative estimate of drug-likeness (QED) is 0.454. The summed E-state index contributed by atoms with van der Waals surface area (Å²) in [5.74, 6) is 0.372. The number of benzene rings is 2. The molecule has 1 aromatic heterocycles. The highest BCUT2D eigenvalue weighted by atomic mass is 16.6. The molecule has 0 atom stereocenters. The molecule has 36 heavy (non-hydrogen) atoms. The third kappa shape index (κ3) is 5.94. The van der Waals surface area contributed by atoms with Crippen molar-refractivity contribution in [2.75, 3.05) is 12.3 Å². The van der Waals surface area contributed by atoms with E-state index in [9.17, 15) is 9.59 Å². The minimum atomic E-state index is -0.576. The number of ether oxygens (including phenoxy) is 2. The summed E-state index contributed by atoms with van der Waals surface area (Å²) in [5, 5.41) is 7.50. The molecule has 4 rings (SSSR count). The van der Waals surface area contributed by atoms with Crippen LogP contribution in [-0.2, 0) is 9.53 Å². The van der Waals surface area contributed by atoms with Gasteiger partial charge < -0.3 is 20.5 Å². The Bertz CT molecular complexity index is 1320. The number of nitrogens with zero attached hydrogens (tertiary/aromatic N) is 2. The molecule has 188 valence electrons. The molecule has 1 heterocycles. The maximum absolute atomic E-state index is 12.5. The Hall–Kier alpha value is -4.07. The van der Waals surface area contributed by atoms with Crippen LogP contribution in [0.15, 0.2) is 55.2 Å². The van der Waals surface area contributed by atoms with E-state index in [-0.39, 0.29) is 18.6 Å². The second kappa shape index (κ2) is 9.89. The third-order valence-corrected chi connectivity index (χ3v) is 5.70. The molecule has 1 amide bonds. The molecule has 0 aliphatic heterocycles. The maximum Gasteiger partial charge on any atom is 0.344 e. The van der Waals surface area contributed by atoms with Crippen LogP contribution in [0, 0.1) is 6.92 Å². The van der Waals surface area contributed by atoms with Crippen molar-refractivity contribution in [1.29, 1.82) is 0 Å². The van der Waals surface area contributed by atoms with Gasteiger partial charge in [0.25, 0.3) is 5.91 Å². The van der Waals surface area contributed by atoms with E-state index in [0.29, 0.717) is 28.3 Å². The van der Waals surface area contributed by atoms with Crippen molar-refractivity contribution in [3.05, 3.63) is 77.5 Å². The number of carbonyl (C=O) groups is 2. The summed E-state index contributed by atoms with van der Waals surface area (Å²) in [4.78, 5) is 24.5. The molecule has 8 heteroatoms. The molecule has 0 spiro atoms. The Labute approximate surface area is 211 Å². The van der Waals surface area contributed by atoms with Crippen LogP contribution >= 0.6 is 0 Å². The number of hydrogen-bond acceptors (Lipinski definition) is 6. The first kappa shape index (κ1) is 25.0. The summed E-state index contributed by atoms with van der Waals surface area (Å²) < 4.78 is 12.5. The lowest BCUT2D eigenvalue weighted by atomic mass is 10.0. The van der Waals surface area contributed by atoms with Crippen LogP contribution < -0.4 is 15.8 Å². The molecule has 1 fully saturated rings. The Morgan fingerprint density at radius 2 is 1.92 bits per heavy atom. The third-order valence-electron chi connectivity index (χ3n) is 5.70. The summed E-state index contributed by atoms with van der Waals surface area (Å²) in [6.07, 6.45) is 3.70. The van der Waals surface area contributed by atoms with Crippen molar-refractivity contribution in [1.82, 2.24) is 15.1 Å². The first-order valence-corrected chi connectivity index (χ1v) is 11.9. The van der Waals surface area contributed by atoms with Crippen molar-refractivity contribution < 1.29 is 19.1 Å². The molecule has 8 nitrogen and oxygen atoms in total. The second-order valence-corrected chi connectivity index (χ2v) is 9.99.